The molecule has 0 radical (unpaired) electrons. The smallest absolute Gasteiger partial charge is 0.0668 e. The average Bonchev–Trinajstić information content (AvgIpc) is 2.34. The first kappa shape index (κ1) is 13.0. The van der Waals surface area contributed by atoms with E-state index >= 15 is 0 Å². The fraction of sp³-hybridized carbons (Fsp3) is 0.615. The van der Waals surface area contributed by atoms with Gasteiger partial charge in [0.2, 0.25) is 0 Å². The molecule has 0 amide bonds. The Labute approximate surface area is 98.4 Å². The Hall–Kier alpha value is -1.09. The molecule has 3 nitrogen and oxygen atoms in total. The zero-order chi connectivity index (χ0) is 12.0. The van der Waals surface area contributed by atoms with Crippen LogP contribution in [0.5, 0.6) is 0 Å². The van der Waals surface area contributed by atoms with Crippen LogP contribution in [0.4, 0.5) is 5.69 Å². The van der Waals surface area contributed by atoms with Crippen molar-refractivity contribution >= 4 is 5.69 Å². The van der Waals surface area contributed by atoms with Crippen molar-refractivity contribution < 1.29 is 4.74 Å². The molecule has 0 saturated carbocycles. The van der Waals surface area contributed by atoms with Crippen molar-refractivity contribution in [2.75, 3.05) is 24.7 Å². The van der Waals surface area contributed by atoms with E-state index in [1.54, 1.807) is 0 Å². The van der Waals surface area contributed by atoms with Gasteiger partial charge in [-0.15, -0.1) is 0 Å². The maximum absolute atomic E-state index is 5.40. The average molecular weight is 222 g/mol. The predicted molar refractivity (Wildman–Crippen MR) is 67.9 cm³/mol. The standard InChI is InChI=1S/C11H16N2O.C2H6/c1-9-3-4-11(7-12-9)13-5-6-14-8-10(13)2;1-2/h3-4,7,10H,5-6,8H2,1-2H3;1-2H3. The second-order valence-corrected chi connectivity index (χ2v) is 3.78. The van der Waals surface area contributed by atoms with Gasteiger partial charge in [0, 0.05) is 18.3 Å². The number of anilines is 1. The molecule has 1 aliphatic rings. The summed E-state index contributed by atoms with van der Waals surface area (Å²) in [5.41, 5.74) is 2.26. The Morgan fingerprint density at radius 3 is 2.69 bits per heavy atom. The van der Waals surface area contributed by atoms with Crippen LogP contribution in [-0.4, -0.2) is 30.8 Å². The molecule has 16 heavy (non-hydrogen) atoms. The minimum absolute atomic E-state index is 0.452. The van der Waals surface area contributed by atoms with Gasteiger partial charge in [0.1, 0.15) is 0 Å². The Morgan fingerprint density at radius 2 is 2.12 bits per heavy atom. The maximum Gasteiger partial charge on any atom is 0.0668 e. The van der Waals surface area contributed by atoms with Crippen LogP contribution in [0.2, 0.25) is 0 Å². The van der Waals surface area contributed by atoms with Gasteiger partial charge in [-0.25, -0.2) is 0 Å². The molecule has 1 fully saturated rings. The van der Waals surface area contributed by atoms with Crippen LogP contribution in [-0.2, 0) is 4.74 Å². The van der Waals surface area contributed by atoms with Gasteiger partial charge in [-0.1, -0.05) is 13.8 Å². The summed E-state index contributed by atoms with van der Waals surface area (Å²) in [6.07, 6.45) is 1.94. The van der Waals surface area contributed by atoms with Gasteiger partial charge in [0.15, 0.2) is 0 Å². The molecule has 0 bridgehead atoms. The van der Waals surface area contributed by atoms with Gasteiger partial charge >= 0.3 is 0 Å². The highest BCUT2D eigenvalue weighted by Gasteiger charge is 2.18. The molecule has 0 spiro atoms. The summed E-state index contributed by atoms with van der Waals surface area (Å²) in [5.74, 6) is 0. The van der Waals surface area contributed by atoms with Crippen LogP contribution in [0, 0.1) is 6.92 Å². The van der Waals surface area contributed by atoms with Crippen molar-refractivity contribution in [3.8, 4) is 0 Å². The predicted octanol–water partition coefficient (Wildman–Crippen LogP) is 2.64. The molecule has 1 atom stereocenters. The van der Waals surface area contributed by atoms with E-state index in [0.29, 0.717) is 6.04 Å². The Kier molecular flexibility index (Phi) is 5.26. The Bertz CT molecular complexity index is 297. The molecule has 90 valence electrons. The lowest BCUT2D eigenvalue weighted by atomic mass is 10.2. The molecule has 1 unspecified atom stereocenters. The minimum Gasteiger partial charge on any atom is -0.377 e. The first-order valence-electron chi connectivity index (χ1n) is 6.04. The molecule has 2 heterocycles. The lowest BCUT2D eigenvalue weighted by Gasteiger charge is -2.34. The van der Waals surface area contributed by atoms with E-state index in [2.05, 4.69) is 28.9 Å². The van der Waals surface area contributed by atoms with E-state index in [1.165, 1.54) is 5.69 Å². The first-order chi connectivity index (χ1) is 7.77. The molecule has 1 aromatic rings. The van der Waals surface area contributed by atoms with Gasteiger partial charge in [-0.3, -0.25) is 4.98 Å². The number of aromatic nitrogens is 1. The number of hydrogen-bond donors (Lipinski definition) is 0. The lowest BCUT2D eigenvalue weighted by Crippen LogP contribution is -2.43. The number of hydrogen-bond acceptors (Lipinski definition) is 3. The molecule has 1 aliphatic heterocycles. The van der Waals surface area contributed by atoms with Gasteiger partial charge in [-0.2, -0.15) is 0 Å². The molecule has 0 aromatic carbocycles. The zero-order valence-corrected chi connectivity index (χ0v) is 10.7. The Morgan fingerprint density at radius 1 is 1.38 bits per heavy atom. The highest BCUT2D eigenvalue weighted by molar-refractivity contribution is 5.45. The summed E-state index contributed by atoms with van der Waals surface area (Å²) in [6.45, 7) is 10.8. The fourth-order valence-corrected chi connectivity index (χ4v) is 1.74. The number of aryl methyl sites for hydroxylation is 1. The highest BCUT2D eigenvalue weighted by Crippen LogP contribution is 2.18. The molecule has 1 aromatic heterocycles. The minimum atomic E-state index is 0.452. The molecular weight excluding hydrogens is 200 g/mol. The van der Waals surface area contributed by atoms with Crippen molar-refractivity contribution in [2.45, 2.75) is 33.7 Å². The third kappa shape index (κ3) is 3.20. The van der Waals surface area contributed by atoms with Gasteiger partial charge in [0.25, 0.3) is 0 Å². The van der Waals surface area contributed by atoms with Gasteiger partial charge in [-0.05, 0) is 26.0 Å². The van der Waals surface area contributed by atoms with E-state index in [0.717, 1.165) is 25.5 Å². The van der Waals surface area contributed by atoms with Crippen molar-refractivity contribution in [1.29, 1.82) is 0 Å². The summed E-state index contributed by atoms with van der Waals surface area (Å²) < 4.78 is 5.40. The van der Waals surface area contributed by atoms with Crippen molar-refractivity contribution in [2.24, 2.45) is 0 Å². The summed E-state index contributed by atoms with van der Waals surface area (Å²) >= 11 is 0. The lowest BCUT2D eigenvalue weighted by molar-refractivity contribution is 0.0989. The summed E-state index contributed by atoms with van der Waals surface area (Å²) in [7, 11) is 0. The number of ether oxygens (including phenoxy) is 1. The first-order valence-corrected chi connectivity index (χ1v) is 6.04. The highest BCUT2D eigenvalue weighted by atomic mass is 16.5. The Balaban J connectivity index is 0.000000606. The fourth-order valence-electron chi connectivity index (χ4n) is 1.74. The van der Waals surface area contributed by atoms with Gasteiger partial charge in [0.05, 0.1) is 25.1 Å². The molecule has 0 aliphatic carbocycles. The SMILES string of the molecule is CC.Cc1ccc(N2CCOCC2C)cn1. The van der Waals surface area contributed by atoms with E-state index < -0.39 is 0 Å². The van der Waals surface area contributed by atoms with E-state index in [-0.39, 0.29) is 0 Å². The van der Waals surface area contributed by atoms with Gasteiger partial charge < -0.3 is 9.64 Å². The number of rotatable bonds is 1. The topological polar surface area (TPSA) is 25.4 Å². The quantitative estimate of drug-likeness (QED) is 0.730. The maximum atomic E-state index is 5.40. The monoisotopic (exact) mass is 222 g/mol. The van der Waals surface area contributed by atoms with Crippen LogP contribution >= 0.6 is 0 Å². The largest absolute Gasteiger partial charge is 0.377 e. The summed E-state index contributed by atoms with van der Waals surface area (Å²) in [6, 6.07) is 4.63. The molecule has 0 N–H and O–H groups in total. The van der Waals surface area contributed by atoms with Crippen molar-refractivity contribution in [1.82, 2.24) is 4.98 Å². The van der Waals surface area contributed by atoms with Crippen molar-refractivity contribution in [3.05, 3.63) is 24.0 Å². The zero-order valence-electron chi connectivity index (χ0n) is 10.7. The van der Waals surface area contributed by atoms with Crippen molar-refractivity contribution in [3.63, 3.8) is 0 Å². The van der Waals surface area contributed by atoms with E-state index in [9.17, 15) is 0 Å². The van der Waals surface area contributed by atoms with Crippen LogP contribution in [0.25, 0.3) is 0 Å². The second-order valence-electron chi connectivity index (χ2n) is 3.78. The third-order valence-electron chi connectivity index (χ3n) is 2.60. The third-order valence-corrected chi connectivity index (χ3v) is 2.60. The number of nitrogens with zero attached hydrogens (tertiary/aromatic N) is 2. The second kappa shape index (κ2) is 6.48. The normalized spacial score (nSPS) is 20.0. The molecule has 3 heteroatoms. The van der Waals surface area contributed by atoms with Crippen LogP contribution in [0.1, 0.15) is 26.5 Å². The molecular formula is C13H22N2O. The molecule has 1 saturated heterocycles. The summed E-state index contributed by atoms with van der Waals surface area (Å²) in [5, 5.41) is 0. The number of pyridine rings is 1. The summed E-state index contributed by atoms with van der Waals surface area (Å²) in [4.78, 5) is 6.65. The van der Waals surface area contributed by atoms with E-state index in [1.807, 2.05) is 27.0 Å². The van der Waals surface area contributed by atoms with E-state index in [4.69, 9.17) is 4.74 Å². The van der Waals surface area contributed by atoms with Crippen LogP contribution in [0.3, 0.4) is 0 Å². The number of morpholine rings is 1. The van der Waals surface area contributed by atoms with Crippen LogP contribution < -0.4 is 4.90 Å². The molecule has 2 rings (SSSR count). The van der Waals surface area contributed by atoms with Crippen LogP contribution in [0.15, 0.2) is 18.3 Å².